The fourth-order valence-corrected chi connectivity index (χ4v) is 1.64. The summed E-state index contributed by atoms with van der Waals surface area (Å²) in [4.78, 5) is 0. The van der Waals surface area contributed by atoms with E-state index in [4.69, 9.17) is 34.0 Å². The molecule has 0 aliphatic carbocycles. The fourth-order valence-electron chi connectivity index (χ4n) is 1.25. The first-order valence-corrected chi connectivity index (χ1v) is 5.19. The lowest BCUT2D eigenvalue weighted by Crippen LogP contribution is -2.24. The average Bonchev–Trinajstić information content (AvgIpc) is 2.12. The van der Waals surface area contributed by atoms with Crippen LogP contribution >= 0.6 is 23.2 Å². The van der Waals surface area contributed by atoms with Gasteiger partial charge in [0.25, 0.3) is 0 Å². The summed E-state index contributed by atoms with van der Waals surface area (Å²) in [7, 11) is 0. The molecular formula is C10H13Cl2NO. The molecule has 1 atom stereocenters. The second-order valence-corrected chi connectivity index (χ2v) is 4.06. The van der Waals surface area contributed by atoms with Crippen LogP contribution in [0.4, 0.5) is 0 Å². The number of hydrogen-bond donors (Lipinski definition) is 2. The zero-order valence-electron chi connectivity index (χ0n) is 7.71. The molecule has 0 saturated carbocycles. The molecule has 1 aromatic carbocycles. The monoisotopic (exact) mass is 233 g/mol. The van der Waals surface area contributed by atoms with Gasteiger partial charge < -0.3 is 10.8 Å². The third-order valence-corrected chi connectivity index (χ3v) is 2.59. The molecule has 0 saturated heterocycles. The van der Waals surface area contributed by atoms with E-state index in [1.807, 2.05) is 0 Å². The molecule has 0 aromatic heterocycles. The highest BCUT2D eigenvalue weighted by molar-refractivity contribution is 6.33. The molecular weight excluding hydrogens is 221 g/mol. The Labute approximate surface area is 93.6 Å². The van der Waals surface area contributed by atoms with E-state index in [2.05, 4.69) is 0 Å². The number of aliphatic hydroxyl groups excluding tert-OH is 1. The van der Waals surface area contributed by atoms with Gasteiger partial charge in [-0.2, -0.15) is 0 Å². The lowest BCUT2D eigenvalue weighted by molar-refractivity contribution is 0.275. The van der Waals surface area contributed by atoms with Gasteiger partial charge in [-0.15, -0.1) is 0 Å². The van der Waals surface area contributed by atoms with Crippen molar-refractivity contribution in [2.75, 3.05) is 6.61 Å². The zero-order valence-corrected chi connectivity index (χ0v) is 9.22. The maximum Gasteiger partial charge on any atom is 0.0445 e. The normalized spacial score (nSPS) is 12.9. The molecule has 0 fully saturated rings. The number of hydrogen-bond acceptors (Lipinski definition) is 2. The first-order valence-electron chi connectivity index (χ1n) is 4.44. The van der Waals surface area contributed by atoms with Crippen molar-refractivity contribution in [3.05, 3.63) is 33.8 Å². The highest BCUT2D eigenvalue weighted by atomic mass is 35.5. The molecule has 0 radical (unpaired) electrons. The van der Waals surface area contributed by atoms with Crippen LogP contribution in [0.3, 0.4) is 0 Å². The van der Waals surface area contributed by atoms with Crippen LogP contribution in [0.5, 0.6) is 0 Å². The fraction of sp³-hybridized carbons (Fsp3) is 0.400. The Morgan fingerprint density at radius 1 is 1.36 bits per heavy atom. The van der Waals surface area contributed by atoms with E-state index >= 15 is 0 Å². The molecule has 1 unspecified atom stereocenters. The molecule has 1 aromatic rings. The lowest BCUT2D eigenvalue weighted by Gasteiger charge is -2.11. The van der Waals surface area contributed by atoms with Gasteiger partial charge in [-0.3, -0.25) is 0 Å². The molecule has 0 amide bonds. The standard InChI is InChI=1S/C10H13Cl2NO/c11-8-1-2-10(12)7(5-8)6-9(13)3-4-14/h1-2,5,9,14H,3-4,6,13H2. The van der Waals surface area contributed by atoms with Crippen molar-refractivity contribution in [3.8, 4) is 0 Å². The molecule has 14 heavy (non-hydrogen) atoms. The van der Waals surface area contributed by atoms with Gasteiger partial charge >= 0.3 is 0 Å². The second kappa shape index (κ2) is 5.56. The molecule has 78 valence electrons. The molecule has 0 bridgehead atoms. The van der Waals surface area contributed by atoms with Crippen LogP contribution < -0.4 is 5.73 Å². The van der Waals surface area contributed by atoms with Gasteiger partial charge in [-0.1, -0.05) is 23.2 Å². The van der Waals surface area contributed by atoms with Gasteiger partial charge in [0.05, 0.1) is 0 Å². The number of benzene rings is 1. The molecule has 0 heterocycles. The predicted octanol–water partition coefficient (Wildman–Crippen LogP) is 2.25. The van der Waals surface area contributed by atoms with E-state index in [1.165, 1.54) is 0 Å². The van der Waals surface area contributed by atoms with E-state index in [1.54, 1.807) is 18.2 Å². The minimum atomic E-state index is -0.0732. The SMILES string of the molecule is NC(CCO)Cc1cc(Cl)ccc1Cl. The predicted molar refractivity (Wildman–Crippen MR) is 59.8 cm³/mol. The van der Waals surface area contributed by atoms with Crippen LogP contribution in [0, 0.1) is 0 Å². The molecule has 0 aliphatic heterocycles. The Morgan fingerprint density at radius 2 is 2.07 bits per heavy atom. The smallest absolute Gasteiger partial charge is 0.0445 e. The Balaban J connectivity index is 2.70. The topological polar surface area (TPSA) is 46.2 Å². The largest absolute Gasteiger partial charge is 0.396 e. The van der Waals surface area contributed by atoms with E-state index in [9.17, 15) is 0 Å². The minimum absolute atomic E-state index is 0.0732. The van der Waals surface area contributed by atoms with E-state index in [-0.39, 0.29) is 12.6 Å². The summed E-state index contributed by atoms with van der Waals surface area (Å²) >= 11 is 11.8. The lowest BCUT2D eigenvalue weighted by atomic mass is 10.0. The third kappa shape index (κ3) is 3.46. The van der Waals surface area contributed by atoms with Gasteiger partial charge in [-0.05, 0) is 36.6 Å². The van der Waals surface area contributed by atoms with Crippen molar-refractivity contribution in [1.82, 2.24) is 0 Å². The van der Waals surface area contributed by atoms with Crippen LogP contribution in [0.1, 0.15) is 12.0 Å². The number of aliphatic hydroxyl groups is 1. The quantitative estimate of drug-likeness (QED) is 0.839. The van der Waals surface area contributed by atoms with Crippen molar-refractivity contribution < 1.29 is 5.11 Å². The van der Waals surface area contributed by atoms with Crippen molar-refractivity contribution in [1.29, 1.82) is 0 Å². The highest BCUT2D eigenvalue weighted by Crippen LogP contribution is 2.21. The van der Waals surface area contributed by atoms with Crippen LogP contribution in [0.15, 0.2) is 18.2 Å². The maximum atomic E-state index is 8.70. The van der Waals surface area contributed by atoms with E-state index < -0.39 is 0 Å². The summed E-state index contributed by atoms with van der Waals surface area (Å²) in [5.41, 5.74) is 6.70. The van der Waals surface area contributed by atoms with Crippen molar-refractivity contribution in [2.45, 2.75) is 18.9 Å². The molecule has 1 rings (SSSR count). The number of rotatable bonds is 4. The average molecular weight is 234 g/mol. The summed E-state index contributed by atoms with van der Waals surface area (Å²) in [6.07, 6.45) is 1.21. The first-order chi connectivity index (χ1) is 6.63. The Hall–Kier alpha value is -0.280. The summed E-state index contributed by atoms with van der Waals surface area (Å²) < 4.78 is 0. The first kappa shape index (κ1) is 11.8. The summed E-state index contributed by atoms with van der Waals surface area (Å²) in [5.74, 6) is 0. The van der Waals surface area contributed by atoms with Gasteiger partial charge in [0.2, 0.25) is 0 Å². The third-order valence-electron chi connectivity index (χ3n) is 1.99. The van der Waals surface area contributed by atoms with Gasteiger partial charge in [0.15, 0.2) is 0 Å². The summed E-state index contributed by atoms with van der Waals surface area (Å²) in [6.45, 7) is 0.0966. The summed E-state index contributed by atoms with van der Waals surface area (Å²) in [6, 6.07) is 5.23. The van der Waals surface area contributed by atoms with E-state index in [0.717, 1.165) is 5.56 Å². The molecule has 3 N–H and O–H groups in total. The Morgan fingerprint density at radius 3 is 2.71 bits per heavy atom. The van der Waals surface area contributed by atoms with E-state index in [0.29, 0.717) is 22.9 Å². The van der Waals surface area contributed by atoms with Crippen LogP contribution in [0.2, 0.25) is 10.0 Å². The number of halogens is 2. The molecule has 2 nitrogen and oxygen atoms in total. The Kier molecular flexibility index (Phi) is 4.69. The van der Waals surface area contributed by atoms with Crippen LogP contribution in [-0.4, -0.2) is 17.8 Å². The number of nitrogens with two attached hydrogens (primary N) is 1. The molecule has 0 spiro atoms. The maximum absolute atomic E-state index is 8.70. The Bertz CT molecular complexity index is 304. The second-order valence-electron chi connectivity index (χ2n) is 3.21. The molecule has 4 heteroatoms. The van der Waals surface area contributed by atoms with Gasteiger partial charge in [-0.25, -0.2) is 0 Å². The van der Waals surface area contributed by atoms with Crippen molar-refractivity contribution in [2.24, 2.45) is 5.73 Å². The van der Waals surface area contributed by atoms with Crippen molar-refractivity contribution >= 4 is 23.2 Å². The van der Waals surface area contributed by atoms with Gasteiger partial charge in [0, 0.05) is 22.7 Å². The van der Waals surface area contributed by atoms with Gasteiger partial charge in [0.1, 0.15) is 0 Å². The highest BCUT2D eigenvalue weighted by Gasteiger charge is 2.07. The summed E-state index contributed by atoms with van der Waals surface area (Å²) in [5, 5.41) is 10.0. The van der Waals surface area contributed by atoms with Crippen LogP contribution in [0.25, 0.3) is 0 Å². The molecule has 0 aliphatic rings. The van der Waals surface area contributed by atoms with Crippen molar-refractivity contribution in [3.63, 3.8) is 0 Å². The minimum Gasteiger partial charge on any atom is -0.396 e. The van der Waals surface area contributed by atoms with Crippen LogP contribution in [-0.2, 0) is 6.42 Å². The zero-order chi connectivity index (χ0) is 10.6.